The lowest BCUT2D eigenvalue weighted by molar-refractivity contribution is -0.135. The van der Waals surface area contributed by atoms with Gasteiger partial charge in [0.2, 0.25) is 0 Å². The number of hydrogen-bond donors (Lipinski definition) is 1. The van der Waals surface area contributed by atoms with E-state index in [9.17, 15) is 24.4 Å². The molecule has 0 saturated carbocycles. The fourth-order valence-electron chi connectivity index (χ4n) is 2.08. The minimum absolute atomic E-state index is 0.168. The first-order chi connectivity index (χ1) is 12.9. The Morgan fingerprint density at radius 1 is 0.926 bits per heavy atom. The molecule has 0 radical (unpaired) electrons. The number of ketones is 1. The number of Topliss-reactive ketones (excluding diaryl/α,β-unsaturated/α-hetero) is 1. The predicted molar refractivity (Wildman–Crippen MR) is 90.0 cm³/mol. The molecule has 0 fully saturated rings. The number of benzene rings is 1. The molecule has 27 heavy (non-hydrogen) atoms. The maximum atomic E-state index is 13.1. The van der Waals surface area contributed by atoms with Crippen LogP contribution in [0.25, 0.3) is 0 Å². The Hall–Kier alpha value is -4.02. The highest BCUT2D eigenvalue weighted by molar-refractivity contribution is 6.25. The number of nitrogens with zero attached hydrogens (tertiary/aromatic N) is 1. The van der Waals surface area contributed by atoms with Crippen LogP contribution in [0.4, 0.5) is 0 Å². The van der Waals surface area contributed by atoms with E-state index in [2.05, 4.69) is 14.2 Å². The zero-order valence-corrected chi connectivity index (χ0v) is 14.6. The average molecular weight is 370 g/mol. The molecule has 0 aliphatic carbocycles. The number of ether oxygens (including phenoxy) is 3. The van der Waals surface area contributed by atoms with Crippen LogP contribution in [0.15, 0.2) is 41.0 Å². The van der Waals surface area contributed by atoms with Crippen LogP contribution in [0.5, 0.6) is 0 Å². The van der Waals surface area contributed by atoms with Crippen molar-refractivity contribution in [3.63, 3.8) is 0 Å². The van der Waals surface area contributed by atoms with E-state index < -0.39 is 40.4 Å². The Morgan fingerprint density at radius 2 is 1.48 bits per heavy atom. The zero-order chi connectivity index (χ0) is 20.6. The van der Waals surface area contributed by atoms with Crippen molar-refractivity contribution in [3.05, 3.63) is 52.1 Å². The first-order valence-electron chi connectivity index (χ1n) is 7.20. The van der Waals surface area contributed by atoms with Gasteiger partial charge in [-0.2, -0.15) is 5.26 Å². The summed E-state index contributed by atoms with van der Waals surface area (Å²) in [7, 11) is 3.05. The van der Waals surface area contributed by atoms with Crippen molar-refractivity contribution in [2.45, 2.75) is 0 Å². The average Bonchev–Trinajstić information content (AvgIpc) is 2.71. The first kappa shape index (κ1) is 21.0. The summed E-state index contributed by atoms with van der Waals surface area (Å²) in [6.45, 7) is 0. The van der Waals surface area contributed by atoms with Gasteiger partial charge in [-0.05, 0) is 11.9 Å². The summed E-state index contributed by atoms with van der Waals surface area (Å²) in [6.07, 6.45) is 0. The molecule has 0 bridgehead atoms. The summed E-state index contributed by atoms with van der Waals surface area (Å²) in [5.41, 5.74) is -2.82. The van der Waals surface area contributed by atoms with E-state index in [0.717, 1.165) is 21.3 Å². The van der Waals surface area contributed by atoms with Crippen LogP contribution in [0.3, 0.4) is 0 Å². The van der Waals surface area contributed by atoms with Crippen LogP contribution in [0, 0.1) is 16.7 Å². The zero-order valence-electron chi connectivity index (χ0n) is 14.6. The molecule has 0 unspecified atom stereocenters. The van der Waals surface area contributed by atoms with Crippen molar-refractivity contribution in [3.8, 4) is 6.07 Å². The third-order valence-corrected chi connectivity index (χ3v) is 3.32. The number of esters is 3. The molecular formula is C18H14N2O7. The topological polar surface area (TPSA) is 144 Å². The molecule has 1 rings (SSSR count). The molecule has 138 valence electrons. The number of carbonyl (C=O) groups excluding carboxylic acids is 4. The van der Waals surface area contributed by atoms with Crippen LogP contribution in [-0.2, 0) is 23.8 Å². The molecule has 1 N–H and O–H groups in total. The highest BCUT2D eigenvalue weighted by Crippen LogP contribution is 2.23. The van der Waals surface area contributed by atoms with Gasteiger partial charge in [0.25, 0.3) is 0 Å². The van der Waals surface area contributed by atoms with Crippen LogP contribution in [0.1, 0.15) is 20.7 Å². The number of methoxy groups -OCH3 is 3. The molecule has 0 saturated heterocycles. The van der Waals surface area contributed by atoms with Crippen molar-refractivity contribution in [1.29, 1.82) is 10.7 Å². The van der Waals surface area contributed by atoms with Gasteiger partial charge in [-0.1, -0.05) is 18.2 Å². The fourth-order valence-corrected chi connectivity index (χ4v) is 2.08. The van der Waals surface area contributed by atoms with Crippen LogP contribution in [-0.4, -0.2) is 50.9 Å². The second-order valence-corrected chi connectivity index (χ2v) is 4.71. The van der Waals surface area contributed by atoms with Gasteiger partial charge in [0.1, 0.15) is 17.2 Å². The second kappa shape index (κ2) is 9.46. The van der Waals surface area contributed by atoms with E-state index >= 15 is 0 Å². The lowest BCUT2D eigenvalue weighted by atomic mass is 9.90. The number of hydrogen-bond acceptors (Lipinski definition) is 9. The molecule has 9 nitrogen and oxygen atoms in total. The van der Waals surface area contributed by atoms with Crippen LogP contribution in [0.2, 0.25) is 0 Å². The van der Waals surface area contributed by atoms with Crippen molar-refractivity contribution in [1.82, 2.24) is 0 Å². The van der Waals surface area contributed by atoms with Crippen molar-refractivity contribution < 1.29 is 33.4 Å². The molecule has 0 aromatic heterocycles. The summed E-state index contributed by atoms with van der Waals surface area (Å²) in [4.78, 5) is 48.8. The molecule has 9 heteroatoms. The molecule has 1 aromatic carbocycles. The van der Waals surface area contributed by atoms with E-state index in [1.54, 1.807) is 5.87 Å². The standard InChI is InChI=1S/C18H14N2O7/c1-25-16(22)11-7-5-4-6-10(11)15(21)14(12(8-19)17(23)26-2)13(9-20)18(24)27-3/h4-7,19H,1-3H3/b14-13+. The molecule has 0 amide bonds. The summed E-state index contributed by atoms with van der Waals surface area (Å²) in [5.74, 6) is -2.61. The Bertz CT molecular complexity index is 931. The van der Waals surface area contributed by atoms with Gasteiger partial charge in [0.05, 0.1) is 32.5 Å². The molecule has 0 aliphatic rings. The normalized spacial score (nSPS) is 10.4. The number of rotatable bonds is 6. The molecule has 0 heterocycles. The van der Waals surface area contributed by atoms with Gasteiger partial charge >= 0.3 is 17.9 Å². The van der Waals surface area contributed by atoms with E-state index in [-0.39, 0.29) is 11.1 Å². The Kier molecular flexibility index (Phi) is 7.37. The van der Waals surface area contributed by atoms with Crippen molar-refractivity contribution >= 4 is 29.6 Å². The highest BCUT2D eigenvalue weighted by atomic mass is 16.5. The SMILES string of the molecule is COC(=O)C(=C=N)/C(C(=O)c1ccccc1C(=O)OC)=C(/C#N)C(=O)OC. The fraction of sp³-hybridized carbons (Fsp3) is 0.167. The van der Waals surface area contributed by atoms with Crippen molar-refractivity contribution in [2.24, 2.45) is 0 Å². The second-order valence-electron chi connectivity index (χ2n) is 4.71. The number of nitriles is 1. The van der Waals surface area contributed by atoms with Gasteiger partial charge in [0.15, 0.2) is 5.78 Å². The summed E-state index contributed by atoms with van der Waals surface area (Å²) < 4.78 is 13.5. The lowest BCUT2D eigenvalue weighted by Gasteiger charge is -2.12. The Labute approximate surface area is 153 Å². The van der Waals surface area contributed by atoms with Gasteiger partial charge in [-0.25, -0.2) is 14.4 Å². The number of carbonyl (C=O) groups is 4. The Morgan fingerprint density at radius 3 is 1.93 bits per heavy atom. The predicted octanol–water partition coefficient (Wildman–Crippen LogP) is 0.997. The third-order valence-electron chi connectivity index (χ3n) is 3.32. The minimum atomic E-state index is -1.21. The molecule has 0 atom stereocenters. The van der Waals surface area contributed by atoms with Gasteiger partial charge in [-0.3, -0.25) is 10.2 Å². The summed E-state index contributed by atoms with van der Waals surface area (Å²) >= 11 is 0. The maximum Gasteiger partial charge on any atom is 0.349 e. The molecule has 0 spiro atoms. The van der Waals surface area contributed by atoms with Crippen LogP contribution < -0.4 is 0 Å². The third kappa shape index (κ3) is 4.34. The van der Waals surface area contributed by atoms with E-state index in [0.29, 0.717) is 0 Å². The minimum Gasteiger partial charge on any atom is -0.465 e. The molecular weight excluding hydrogens is 356 g/mol. The smallest absolute Gasteiger partial charge is 0.349 e. The number of nitrogens with one attached hydrogen (secondary N) is 1. The lowest BCUT2D eigenvalue weighted by Crippen LogP contribution is -2.21. The van der Waals surface area contributed by atoms with E-state index in [1.165, 1.54) is 30.3 Å². The summed E-state index contributed by atoms with van der Waals surface area (Å²) in [5, 5.41) is 16.6. The van der Waals surface area contributed by atoms with Gasteiger partial charge < -0.3 is 14.2 Å². The van der Waals surface area contributed by atoms with Gasteiger partial charge in [-0.15, -0.1) is 0 Å². The first-order valence-corrected chi connectivity index (χ1v) is 7.20. The maximum absolute atomic E-state index is 13.1. The quantitative estimate of drug-likeness (QED) is 0.148. The van der Waals surface area contributed by atoms with E-state index in [4.69, 9.17) is 5.41 Å². The highest BCUT2D eigenvalue weighted by Gasteiger charge is 2.32. The van der Waals surface area contributed by atoms with E-state index in [1.807, 2.05) is 0 Å². The largest absolute Gasteiger partial charge is 0.465 e. The Balaban J connectivity index is 3.86. The van der Waals surface area contributed by atoms with Crippen molar-refractivity contribution in [2.75, 3.05) is 21.3 Å². The molecule has 1 aromatic rings. The monoisotopic (exact) mass is 370 g/mol. The molecule has 0 aliphatic heterocycles. The van der Waals surface area contributed by atoms with Gasteiger partial charge in [0, 0.05) is 5.56 Å². The van der Waals surface area contributed by atoms with Crippen LogP contribution >= 0.6 is 0 Å². The summed E-state index contributed by atoms with van der Waals surface area (Å²) in [6, 6.07) is 6.88.